The molecule has 0 saturated heterocycles. The first-order valence-electron chi connectivity index (χ1n) is 1.48. The first-order valence-corrected chi connectivity index (χ1v) is 4.12. The second kappa shape index (κ2) is 2.74. The highest BCUT2D eigenvalue weighted by Gasteiger charge is 2.23. The molecule has 0 aliphatic carbocycles. The summed E-state index contributed by atoms with van der Waals surface area (Å²) in [5, 5.41) is 0. The fraction of sp³-hybridized carbons (Fsp3) is 0. The molecule has 0 saturated carbocycles. The second-order valence-corrected chi connectivity index (χ2v) is 3.21. The highest BCUT2D eigenvalue weighted by atomic mass is 32.3. The van der Waals surface area contributed by atoms with Crippen molar-refractivity contribution in [3.63, 3.8) is 0 Å². The number of rotatable bonds is 3. The maximum Gasteiger partial charge on any atom is 0.454 e. The van der Waals surface area contributed by atoms with E-state index in [1.54, 1.807) is 0 Å². The van der Waals surface area contributed by atoms with Gasteiger partial charge in [0.05, 0.1) is 0 Å². The lowest BCUT2D eigenvalue weighted by Crippen LogP contribution is -2.08. The average Bonchev–Trinajstić information content (AvgIpc) is 1.60. The van der Waals surface area contributed by atoms with Crippen LogP contribution < -0.4 is 0 Å². The van der Waals surface area contributed by atoms with Gasteiger partial charge < -0.3 is 0 Å². The summed E-state index contributed by atoms with van der Waals surface area (Å²) in [5.41, 5.74) is 0. The van der Waals surface area contributed by atoms with Gasteiger partial charge in [-0.15, -0.1) is 0 Å². The van der Waals surface area contributed by atoms with E-state index in [1.807, 2.05) is 4.39 Å². The fourth-order valence-corrected chi connectivity index (χ4v) is 0.990. The summed E-state index contributed by atoms with van der Waals surface area (Å²) < 4.78 is 64.0. The summed E-state index contributed by atoms with van der Waals surface area (Å²) in [4.78, 5) is 0. The van der Waals surface area contributed by atoms with Crippen LogP contribution in [0.1, 0.15) is 0 Å². The van der Waals surface area contributed by atoms with Gasteiger partial charge in [0, 0.05) is 0 Å². The monoisotopic (exact) mass is 198 g/mol. The molecule has 0 radical (unpaired) electrons. The molecule has 0 amide bonds. The number of hydrogen-bond donors (Lipinski definition) is 0. The van der Waals surface area contributed by atoms with Crippen LogP contribution in [-0.4, -0.2) is 16.8 Å². The van der Waals surface area contributed by atoms with Crippen LogP contribution in [-0.2, 0) is 28.9 Å². The van der Waals surface area contributed by atoms with E-state index in [9.17, 15) is 25.2 Å². The van der Waals surface area contributed by atoms with Crippen LogP contribution in [0.4, 0.5) is 8.41 Å². The van der Waals surface area contributed by atoms with Crippen molar-refractivity contribution < 1.29 is 33.3 Å². The Labute approximate surface area is 55.0 Å². The van der Waals surface area contributed by atoms with E-state index in [0.29, 0.717) is 0 Å². The summed E-state index contributed by atoms with van der Waals surface area (Å²) >= 11 is 0. The van der Waals surface area contributed by atoms with Crippen molar-refractivity contribution in [1.82, 2.24) is 0 Å². The Hall–Kier alpha value is -0.320. The Morgan fingerprint density at radius 2 is 1.50 bits per heavy atom. The van der Waals surface area contributed by atoms with Gasteiger partial charge in [-0.25, -0.2) is 0 Å². The highest BCUT2D eigenvalue weighted by Crippen LogP contribution is 2.03. The molecule has 0 spiro atoms. The molecule has 0 atom stereocenters. The average molecular weight is 198 g/mol. The lowest BCUT2D eigenvalue weighted by atomic mass is 15.6. The molecule has 0 aromatic rings. The van der Waals surface area contributed by atoms with Crippen LogP contribution in [0.2, 0.25) is 0 Å². The molecular formula is F2O6S2. The van der Waals surface area contributed by atoms with Crippen LogP contribution in [0.3, 0.4) is 0 Å². The van der Waals surface area contributed by atoms with E-state index < -0.39 is 20.9 Å². The fourth-order valence-electron chi connectivity index (χ4n) is 0.110. The third-order valence-electron chi connectivity index (χ3n) is 0.242. The second-order valence-electron chi connectivity index (χ2n) is 0.932. The first-order chi connectivity index (χ1) is 4.27. The molecule has 0 bridgehead atoms. The van der Waals surface area contributed by atoms with Gasteiger partial charge in [-0.05, 0) is 8.91 Å². The summed E-state index contributed by atoms with van der Waals surface area (Å²) in [7, 11) is -11.2. The van der Waals surface area contributed by atoms with E-state index in [1.165, 1.54) is 0 Å². The molecule has 10 heavy (non-hydrogen) atoms. The zero-order valence-corrected chi connectivity index (χ0v) is 5.65. The Morgan fingerprint density at radius 1 is 1.10 bits per heavy atom. The lowest BCUT2D eigenvalue weighted by Gasteiger charge is -1.90. The van der Waals surface area contributed by atoms with Crippen molar-refractivity contribution in [1.29, 1.82) is 0 Å². The van der Waals surface area contributed by atoms with Crippen LogP contribution in [0.25, 0.3) is 0 Å². The highest BCUT2D eigenvalue weighted by molar-refractivity contribution is 7.95. The van der Waals surface area contributed by atoms with E-state index in [2.05, 4.69) is 3.63 Å². The van der Waals surface area contributed by atoms with E-state index in [-0.39, 0.29) is 0 Å². The molecular weight excluding hydrogens is 198 g/mol. The predicted molar refractivity (Wildman–Crippen MR) is 22.2 cm³/mol. The molecule has 0 rings (SSSR count). The van der Waals surface area contributed by atoms with Crippen molar-refractivity contribution in [3.8, 4) is 0 Å². The van der Waals surface area contributed by atoms with E-state index in [4.69, 9.17) is 0 Å². The molecule has 62 valence electrons. The van der Waals surface area contributed by atoms with Gasteiger partial charge >= 0.3 is 20.9 Å². The molecule has 0 aliphatic rings. The van der Waals surface area contributed by atoms with Gasteiger partial charge in [0.15, 0.2) is 0 Å². The molecule has 0 aromatic carbocycles. The first kappa shape index (κ1) is 9.68. The van der Waals surface area contributed by atoms with Gasteiger partial charge in [-0.2, -0.15) is 16.8 Å². The van der Waals surface area contributed by atoms with Crippen molar-refractivity contribution in [2.45, 2.75) is 0 Å². The lowest BCUT2D eigenvalue weighted by molar-refractivity contribution is -0.00936. The summed E-state index contributed by atoms with van der Waals surface area (Å²) in [6.07, 6.45) is 0. The normalized spacial score (nSPS) is 13.4. The topological polar surface area (TPSA) is 86.7 Å². The minimum atomic E-state index is -5.75. The van der Waals surface area contributed by atoms with Crippen LogP contribution in [0.15, 0.2) is 0 Å². The predicted octanol–water partition coefficient (Wildman–Crippen LogP) is -0.637. The largest absolute Gasteiger partial charge is 0.454 e. The maximum absolute atomic E-state index is 11.2. The molecule has 0 aromatic heterocycles. The molecule has 6 nitrogen and oxygen atoms in total. The van der Waals surface area contributed by atoms with Gasteiger partial charge in [-0.1, -0.05) is 7.52 Å². The van der Waals surface area contributed by atoms with Gasteiger partial charge in [0.25, 0.3) is 0 Å². The standard InChI is InChI=1S/F2O6S2/c1-7-10(5,6)8-9(2,3)4. The molecule has 0 N–H and O–H groups in total. The molecule has 0 heterocycles. The minimum absolute atomic E-state index is 1.94. The Morgan fingerprint density at radius 3 is 1.60 bits per heavy atom. The Balaban J connectivity index is 4.49. The Bertz CT molecular complexity index is 282. The molecule has 0 aliphatic heterocycles. The van der Waals surface area contributed by atoms with Gasteiger partial charge in [0.2, 0.25) is 0 Å². The number of hydrogen-bond acceptors (Lipinski definition) is 6. The van der Waals surface area contributed by atoms with Gasteiger partial charge in [0.1, 0.15) is 0 Å². The summed E-state index contributed by atoms with van der Waals surface area (Å²) in [6.45, 7) is 0. The zero-order chi connectivity index (χ0) is 8.41. The van der Waals surface area contributed by atoms with Gasteiger partial charge in [-0.3, -0.25) is 0 Å². The van der Waals surface area contributed by atoms with Crippen molar-refractivity contribution in [2.24, 2.45) is 0 Å². The zero-order valence-electron chi connectivity index (χ0n) is 4.02. The summed E-state index contributed by atoms with van der Waals surface area (Å²) in [5.74, 6) is 0. The van der Waals surface area contributed by atoms with Crippen molar-refractivity contribution >= 4 is 20.9 Å². The maximum atomic E-state index is 11.2. The van der Waals surface area contributed by atoms with Crippen LogP contribution in [0.5, 0.6) is 0 Å². The quantitative estimate of drug-likeness (QED) is 0.560. The summed E-state index contributed by atoms with van der Waals surface area (Å²) in [6, 6.07) is 0. The van der Waals surface area contributed by atoms with E-state index >= 15 is 0 Å². The van der Waals surface area contributed by atoms with Crippen molar-refractivity contribution in [3.05, 3.63) is 0 Å². The third-order valence-corrected chi connectivity index (χ3v) is 1.71. The smallest absolute Gasteiger partial charge is 0.165 e. The third kappa shape index (κ3) is 4.55. The SMILES string of the molecule is O=S(=O)(F)OS(=O)(=O)OF. The molecule has 0 fully saturated rings. The van der Waals surface area contributed by atoms with Crippen molar-refractivity contribution in [2.75, 3.05) is 0 Å². The minimum Gasteiger partial charge on any atom is -0.165 e. The molecule has 10 heteroatoms. The Kier molecular flexibility index (Phi) is 2.65. The number of halogens is 2. The van der Waals surface area contributed by atoms with Crippen LogP contribution in [0, 0.1) is 0 Å². The van der Waals surface area contributed by atoms with E-state index in [0.717, 1.165) is 0 Å². The van der Waals surface area contributed by atoms with Crippen LogP contribution >= 0.6 is 0 Å². The molecule has 0 unspecified atom stereocenters.